The van der Waals surface area contributed by atoms with Gasteiger partial charge in [-0.25, -0.2) is 17.9 Å². The number of hydrogen-bond donors (Lipinski definition) is 3. The van der Waals surface area contributed by atoms with E-state index in [1.165, 1.54) is 21.1 Å². The number of Topliss-reactive ketones (excluding diaryl/α,β-unsaturated/α-hetero) is 3. The predicted octanol–water partition coefficient (Wildman–Crippen LogP) is 5.75. The summed E-state index contributed by atoms with van der Waals surface area (Å²) < 4.78 is 63.2. The van der Waals surface area contributed by atoms with Gasteiger partial charge >= 0.3 is 5.97 Å². The van der Waals surface area contributed by atoms with Crippen molar-refractivity contribution in [2.75, 3.05) is 47.3 Å². The third-order valence-corrected chi connectivity index (χ3v) is 16.1. The number of rotatable bonds is 11. The van der Waals surface area contributed by atoms with E-state index in [2.05, 4.69) is 4.72 Å². The van der Waals surface area contributed by atoms with Gasteiger partial charge in [-0.1, -0.05) is 69.7 Å². The van der Waals surface area contributed by atoms with E-state index in [9.17, 15) is 42.6 Å². The van der Waals surface area contributed by atoms with Crippen molar-refractivity contribution in [1.29, 1.82) is 0 Å². The number of carbonyl (C=O) groups is 5. The lowest BCUT2D eigenvalue weighted by atomic mass is 9.78. The number of methoxy groups -OCH3 is 2. The molecule has 17 nitrogen and oxygen atoms in total. The van der Waals surface area contributed by atoms with E-state index in [1.807, 2.05) is 13.0 Å². The molecule has 8 unspecified atom stereocenters. The van der Waals surface area contributed by atoms with E-state index in [1.54, 1.807) is 72.1 Å². The first-order valence-electron chi connectivity index (χ1n) is 26.0. The Labute approximate surface area is 428 Å². The van der Waals surface area contributed by atoms with Crippen LogP contribution in [0.5, 0.6) is 0 Å². The molecule has 2 saturated heterocycles. The Morgan fingerprint density at radius 1 is 0.903 bits per heavy atom. The Kier molecular flexibility index (Phi) is 24.1. The summed E-state index contributed by atoms with van der Waals surface area (Å²) in [6.07, 6.45) is 13.2. The molecule has 1 aliphatic carbocycles. The van der Waals surface area contributed by atoms with Crippen LogP contribution >= 0.6 is 0 Å². The maximum absolute atomic E-state index is 14.2. The topological polar surface area (TPSA) is 231 Å². The van der Waals surface area contributed by atoms with Crippen LogP contribution in [-0.4, -0.2) is 155 Å². The molecule has 4 aliphatic rings. The van der Waals surface area contributed by atoms with Gasteiger partial charge in [0.25, 0.3) is 11.7 Å². The summed E-state index contributed by atoms with van der Waals surface area (Å²) in [5.74, 6) is -8.34. The minimum Gasteiger partial charge on any atom is -0.460 e. The lowest BCUT2D eigenvalue weighted by Crippen LogP contribution is -2.59. The Morgan fingerprint density at radius 2 is 1.62 bits per heavy atom. The molecule has 1 amide bonds. The van der Waals surface area contributed by atoms with Crippen molar-refractivity contribution in [3.63, 3.8) is 0 Å². The summed E-state index contributed by atoms with van der Waals surface area (Å²) in [5, 5.41) is 23.3. The van der Waals surface area contributed by atoms with Gasteiger partial charge in [-0.05, 0) is 115 Å². The lowest BCUT2D eigenvalue weighted by Gasteiger charge is -2.42. The van der Waals surface area contributed by atoms with Crippen LogP contribution in [0.25, 0.3) is 0 Å². The second-order valence-corrected chi connectivity index (χ2v) is 22.9. The normalized spacial score (nSPS) is 38.0. The first-order valence-corrected chi connectivity index (χ1v) is 27.9. The lowest BCUT2D eigenvalue weighted by molar-refractivity contribution is -0.263. The molecule has 408 valence electrons. The maximum Gasteiger partial charge on any atom is 0.328 e. The zero-order valence-corrected chi connectivity index (χ0v) is 45.5. The number of likely N-dealkylation sites (N-methyl/N-ethyl adjacent to an activating group) is 1. The largest absolute Gasteiger partial charge is 0.460 e. The van der Waals surface area contributed by atoms with Crippen LogP contribution in [0.3, 0.4) is 0 Å². The number of sulfonamides is 1. The fourth-order valence-electron chi connectivity index (χ4n) is 10.3. The zero-order chi connectivity index (χ0) is 53.5. The number of carbonyl (C=O) groups excluding carboxylic acids is 5. The predicted molar refractivity (Wildman–Crippen MR) is 272 cm³/mol. The van der Waals surface area contributed by atoms with Crippen molar-refractivity contribution in [2.24, 2.45) is 35.5 Å². The van der Waals surface area contributed by atoms with Crippen LogP contribution in [-0.2, 0) is 62.4 Å². The highest BCUT2D eigenvalue weighted by Crippen LogP contribution is 2.37. The first-order chi connectivity index (χ1) is 33.9. The van der Waals surface area contributed by atoms with Crippen LogP contribution in [0.15, 0.2) is 47.6 Å². The number of ketones is 3. The highest BCUT2D eigenvalue weighted by molar-refractivity contribution is 7.88. The summed E-state index contributed by atoms with van der Waals surface area (Å²) in [6.45, 7) is 13.9. The Bertz CT molecular complexity index is 2070. The first kappa shape index (κ1) is 61.1. The number of aliphatic hydroxyl groups excluding tert-OH is 1. The highest BCUT2D eigenvalue weighted by Gasteiger charge is 2.52. The monoisotopic (exact) mass is 1030 g/mol. The zero-order valence-electron chi connectivity index (χ0n) is 44.7. The third-order valence-electron chi connectivity index (χ3n) is 15.4. The molecule has 4 rings (SSSR count). The van der Waals surface area contributed by atoms with Gasteiger partial charge in [0, 0.05) is 71.3 Å². The molecular weight excluding hydrogens is 949 g/mol. The minimum absolute atomic E-state index is 0.0289. The number of nitrogens with one attached hydrogen (secondary N) is 1. The molecule has 18 heteroatoms. The van der Waals surface area contributed by atoms with Crippen molar-refractivity contribution in [2.45, 2.75) is 180 Å². The Hall–Kier alpha value is -3.46. The van der Waals surface area contributed by atoms with Gasteiger partial charge in [0.15, 0.2) is 5.78 Å². The molecule has 0 spiro atoms. The average Bonchev–Trinajstić information content (AvgIpc) is 3.86. The van der Waals surface area contributed by atoms with Gasteiger partial charge in [0.05, 0.1) is 24.6 Å². The second kappa shape index (κ2) is 28.4. The van der Waals surface area contributed by atoms with Crippen LogP contribution in [0.4, 0.5) is 0 Å². The molecule has 1 saturated carbocycles. The highest BCUT2D eigenvalue weighted by atomic mass is 32.2. The molecule has 15 atom stereocenters. The second-order valence-electron chi connectivity index (χ2n) is 21.2. The minimum atomic E-state index is -3.74. The van der Waals surface area contributed by atoms with Gasteiger partial charge in [-0.15, -0.1) is 0 Å². The Morgan fingerprint density at radius 3 is 2.28 bits per heavy atom. The molecule has 0 aromatic rings. The van der Waals surface area contributed by atoms with E-state index < -0.39 is 87.7 Å². The van der Waals surface area contributed by atoms with Crippen molar-refractivity contribution in [1.82, 2.24) is 9.62 Å². The average molecular weight is 1040 g/mol. The SMILES string of the molecule is COC1C(=O)C(C)CC\C=C/C=C\C=C(\C)C(NS(C)(=O)=O)C[C@H]2CC[C@H](C)[C@](O)(O2)C(=O)C(=O)N(C)C(C)C(=O)OC([C@H](C)C[C@@H]2CC[C@@H](OCCC3CCOC3)[C@H](OC)C2)CC(=O)C(C)/C=C(/C)C1O. The number of amides is 1. The summed E-state index contributed by atoms with van der Waals surface area (Å²) in [5.41, 5.74) is 0.975. The fourth-order valence-corrected chi connectivity index (χ4v) is 11.1. The molecule has 3 N–H and O–H groups in total. The standard InChI is InChI=1S/C54H86N2O15S/c1-33-17-15-13-12-14-16-18-34(2)48(58)50(67-10)49(59)37(5)27-35(3)44(57)31-46(36(4)28-41-20-22-45(47(29-41)66-9)69-26-24-40-23-25-68-32-40)70-53(62)39(7)56(8)52(61)51(60)54(63)38(6)19-21-42(71-54)30-43(33)55-72(11,64)65/h12-15,17,27,34-36,38-43,45-47,49-50,55,59,63H,16,18-26,28-32H2,1-11H3/b14-12-,15-13-,33-17-,37-27-/t34?,35?,36-,38+,39?,40?,41+,42-,43?,45-,46?,47-,49?,50?,54+/m1/s1. The quantitative estimate of drug-likeness (QED) is 0.127. The van der Waals surface area contributed by atoms with Crippen LogP contribution in [0.2, 0.25) is 0 Å². The number of esters is 1. The summed E-state index contributed by atoms with van der Waals surface area (Å²) >= 11 is 0. The number of aliphatic hydroxyl groups is 2. The molecule has 72 heavy (non-hydrogen) atoms. The van der Waals surface area contributed by atoms with E-state index >= 15 is 0 Å². The van der Waals surface area contributed by atoms with Gasteiger partial charge in [-0.2, -0.15) is 0 Å². The summed E-state index contributed by atoms with van der Waals surface area (Å²) in [7, 11) is 0.541. The van der Waals surface area contributed by atoms with Crippen molar-refractivity contribution in [3.8, 4) is 0 Å². The van der Waals surface area contributed by atoms with E-state index in [4.69, 9.17) is 28.4 Å². The number of fused-ring (bicyclic) bond motifs is 2. The van der Waals surface area contributed by atoms with Crippen LogP contribution in [0.1, 0.15) is 126 Å². The van der Waals surface area contributed by atoms with Crippen molar-refractivity contribution in [3.05, 3.63) is 47.6 Å². The molecule has 0 aromatic carbocycles. The van der Waals surface area contributed by atoms with Gasteiger partial charge in [0.2, 0.25) is 15.8 Å². The molecule has 3 fully saturated rings. The van der Waals surface area contributed by atoms with Gasteiger partial charge in [-0.3, -0.25) is 19.2 Å². The molecule has 3 heterocycles. The number of ether oxygens (including phenoxy) is 6. The summed E-state index contributed by atoms with van der Waals surface area (Å²) in [6, 6.07) is -2.14. The molecule has 0 radical (unpaired) electrons. The van der Waals surface area contributed by atoms with Crippen LogP contribution < -0.4 is 4.72 Å². The fraction of sp³-hybridized carbons (Fsp3) is 0.759. The van der Waals surface area contributed by atoms with Gasteiger partial charge < -0.3 is 43.5 Å². The van der Waals surface area contributed by atoms with Crippen molar-refractivity contribution >= 4 is 39.2 Å². The molecular formula is C54H86N2O15S. The Balaban J connectivity index is 1.63. The van der Waals surface area contributed by atoms with Crippen molar-refractivity contribution < 1.29 is 71.0 Å². The summed E-state index contributed by atoms with van der Waals surface area (Å²) in [4.78, 5) is 70.9. The molecule has 0 aromatic heterocycles. The number of allylic oxidation sites excluding steroid dienone is 6. The van der Waals surface area contributed by atoms with E-state index in [0.29, 0.717) is 55.8 Å². The van der Waals surface area contributed by atoms with Crippen LogP contribution in [0, 0.1) is 35.5 Å². The third kappa shape index (κ3) is 17.6. The molecule has 3 aliphatic heterocycles. The smallest absolute Gasteiger partial charge is 0.328 e. The maximum atomic E-state index is 14.2. The number of nitrogens with zero attached hydrogens (tertiary/aromatic N) is 1. The number of cyclic esters (lactones) is 1. The molecule has 2 bridgehead atoms. The van der Waals surface area contributed by atoms with Gasteiger partial charge in [0.1, 0.15) is 30.1 Å². The van der Waals surface area contributed by atoms with E-state index in [-0.39, 0.29) is 54.9 Å². The number of hydrogen-bond acceptors (Lipinski definition) is 15. The van der Waals surface area contributed by atoms with E-state index in [0.717, 1.165) is 50.1 Å².